The van der Waals surface area contributed by atoms with Crippen molar-refractivity contribution < 1.29 is 31.1 Å². The number of hydrogen-bond donors (Lipinski definition) is 2. The summed E-state index contributed by atoms with van der Waals surface area (Å²) in [5.74, 6) is -5.55. The molecule has 0 heterocycles. The van der Waals surface area contributed by atoms with Gasteiger partial charge in [-0.25, -0.2) is 26.3 Å². The molecule has 0 unspecified atom stereocenters. The monoisotopic (exact) mass is 388 g/mol. The maximum absolute atomic E-state index is 13.6. The predicted octanol–water partition coefficient (Wildman–Crippen LogP) is 2.28. The Bertz CT molecular complexity index is 920. The molecule has 2 rings (SSSR count). The summed E-state index contributed by atoms with van der Waals surface area (Å²) >= 11 is 0. The summed E-state index contributed by atoms with van der Waals surface area (Å²) in [6.07, 6.45) is 0. The number of carbonyl (C=O) groups is 1. The summed E-state index contributed by atoms with van der Waals surface area (Å²) in [5, 5.41) is 2.07. The molecule has 2 aromatic rings. The minimum atomic E-state index is -3.88. The molecule has 0 radical (unpaired) electrons. The zero-order valence-corrected chi connectivity index (χ0v) is 14.4. The lowest BCUT2D eigenvalue weighted by atomic mass is 10.2. The average Bonchev–Trinajstić information content (AvgIpc) is 2.62. The van der Waals surface area contributed by atoms with Crippen LogP contribution in [0.5, 0.6) is 0 Å². The van der Waals surface area contributed by atoms with E-state index in [2.05, 4.69) is 10.0 Å². The van der Waals surface area contributed by atoms with E-state index >= 15 is 0 Å². The van der Waals surface area contributed by atoms with Gasteiger partial charge in [0, 0.05) is 19.2 Å². The molecule has 0 bridgehead atoms. The number of methoxy groups -OCH3 is 1. The van der Waals surface area contributed by atoms with Crippen molar-refractivity contribution in [1.82, 2.24) is 4.72 Å². The number of anilines is 1. The van der Waals surface area contributed by atoms with Gasteiger partial charge in [-0.1, -0.05) is 6.07 Å². The van der Waals surface area contributed by atoms with Crippen LogP contribution >= 0.6 is 0 Å². The normalized spacial score (nSPS) is 11.4. The smallest absolute Gasteiger partial charge is 0.255 e. The fourth-order valence-corrected chi connectivity index (χ4v) is 3.04. The van der Waals surface area contributed by atoms with Gasteiger partial charge in [0.2, 0.25) is 10.0 Å². The summed E-state index contributed by atoms with van der Waals surface area (Å²) in [6, 6.07) is 6.47. The molecule has 0 saturated heterocycles. The highest BCUT2D eigenvalue weighted by atomic mass is 32.2. The van der Waals surface area contributed by atoms with Crippen molar-refractivity contribution in [2.75, 3.05) is 25.6 Å². The molecule has 1 amide bonds. The second-order valence-electron chi connectivity index (χ2n) is 5.10. The van der Waals surface area contributed by atoms with Crippen LogP contribution < -0.4 is 10.0 Å². The minimum Gasteiger partial charge on any atom is -0.383 e. The third-order valence-corrected chi connectivity index (χ3v) is 4.75. The highest BCUT2D eigenvalue weighted by Gasteiger charge is 2.18. The van der Waals surface area contributed by atoms with E-state index in [1.165, 1.54) is 25.3 Å². The lowest BCUT2D eigenvalue weighted by Gasteiger charge is -2.10. The summed E-state index contributed by atoms with van der Waals surface area (Å²) in [6.45, 7) is 0.199. The van der Waals surface area contributed by atoms with Gasteiger partial charge in [0.15, 0.2) is 17.5 Å². The predicted molar refractivity (Wildman–Crippen MR) is 87.8 cm³/mol. The summed E-state index contributed by atoms with van der Waals surface area (Å²) < 4.78 is 71.0. The first-order chi connectivity index (χ1) is 12.3. The molecule has 26 heavy (non-hydrogen) atoms. The number of sulfonamides is 1. The standard InChI is InChI=1S/C16H15F3N2O4S/c1-25-8-7-20-26(23,24)11-4-2-3-10(9-11)16(22)21-13-6-5-12(17)14(18)15(13)19/h2-6,9,20H,7-8H2,1H3,(H,21,22). The molecule has 0 atom stereocenters. The molecule has 0 aliphatic carbocycles. The molecule has 6 nitrogen and oxygen atoms in total. The maximum atomic E-state index is 13.6. The van der Waals surface area contributed by atoms with Gasteiger partial charge in [-0.2, -0.15) is 0 Å². The van der Waals surface area contributed by atoms with Gasteiger partial charge in [0.25, 0.3) is 5.91 Å². The first-order valence-corrected chi connectivity index (χ1v) is 8.78. The van der Waals surface area contributed by atoms with E-state index < -0.39 is 39.1 Å². The highest BCUT2D eigenvalue weighted by Crippen LogP contribution is 2.21. The minimum absolute atomic E-state index is 0.0370. The van der Waals surface area contributed by atoms with E-state index in [0.29, 0.717) is 6.07 Å². The van der Waals surface area contributed by atoms with Gasteiger partial charge >= 0.3 is 0 Å². The topological polar surface area (TPSA) is 84.5 Å². The molecule has 10 heteroatoms. The van der Waals surface area contributed by atoms with Crippen LogP contribution in [-0.4, -0.2) is 34.6 Å². The first-order valence-electron chi connectivity index (χ1n) is 7.30. The Balaban J connectivity index is 2.22. The maximum Gasteiger partial charge on any atom is 0.255 e. The van der Waals surface area contributed by atoms with Crippen molar-refractivity contribution in [1.29, 1.82) is 0 Å². The third kappa shape index (κ3) is 4.59. The van der Waals surface area contributed by atoms with Crippen LogP contribution in [0, 0.1) is 17.5 Å². The van der Waals surface area contributed by atoms with Crippen molar-refractivity contribution in [2.45, 2.75) is 4.90 Å². The molecule has 2 aromatic carbocycles. The number of hydrogen-bond acceptors (Lipinski definition) is 4. The van der Waals surface area contributed by atoms with Crippen LogP contribution in [-0.2, 0) is 14.8 Å². The van der Waals surface area contributed by atoms with Gasteiger partial charge in [0.05, 0.1) is 17.2 Å². The number of amides is 1. The molecular weight excluding hydrogens is 373 g/mol. The molecule has 2 N–H and O–H groups in total. The van der Waals surface area contributed by atoms with Crippen molar-refractivity contribution >= 4 is 21.6 Å². The van der Waals surface area contributed by atoms with Crippen LogP contribution in [0.15, 0.2) is 41.3 Å². The van der Waals surface area contributed by atoms with Crippen molar-refractivity contribution in [2.24, 2.45) is 0 Å². The Labute approximate surface area is 148 Å². The lowest BCUT2D eigenvalue weighted by Crippen LogP contribution is -2.27. The Hall–Kier alpha value is -2.43. The van der Waals surface area contributed by atoms with Crippen LogP contribution in [0.25, 0.3) is 0 Å². The number of carbonyl (C=O) groups excluding carboxylic acids is 1. The van der Waals surface area contributed by atoms with Crippen molar-refractivity contribution in [3.63, 3.8) is 0 Å². The Morgan fingerprint density at radius 2 is 1.85 bits per heavy atom. The SMILES string of the molecule is COCCNS(=O)(=O)c1cccc(C(=O)Nc2ccc(F)c(F)c2F)c1. The lowest BCUT2D eigenvalue weighted by molar-refractivity contribution is 0.102. The Morgan fingerprint density at radius 3 is 2.54 bits per heavy atom. The fourth-order valence-electron chi connectivity index (χ4n) is 1.98. The molecule has 0 saturated carbocycles. The van der Waals surface area contributed by atoms with Crippen LogP contribution in [0.2, 0.25) is 0 Å². The van der Waals surface area contributed by atoms with E-state index in [-0.39, 0.29) is 23.6 Å². The quantitative estimate of drug-likeness (QED) is 0.563. The van der Waals surface area contributed by atoms with E-state index in [4.69, 9.17) is 4.74 Å². The first kappa shape index (κ1) is 19.9. The van der Waals surface area contributed by atoms with E-state index in [9.17, 15) is 26.4 Å². The average molecular weight is 388 g/mol. The van der Waals surface area contributed by atoms with Gasteiger partial charge in [-0.15, -0.1) is 0 Å². The second kappa shape index (κ2) is 8.30. The number of benzene rings is 2. The molecule has 0 aliphatic rings. The molecule has 0 fully saturated rings. The van der Waals surface area contributed by atoms with Gasteiger partial charge in [0.1, 0.15) is 0 Å². The van der Waals surface area contributed by atoms with Gasteiger partial charge in [-0.05, 0) is 30.3 Å². The number of halogens is 3. The number of rotatable bonds is 7. The number of nitrogens with one attached hydrogen (secondary N) is 2. The zero-order chi connectivity index (χ0) is 19.3. The molecular formula is C16H15F3N2O4S. The van der Waals surface area contributed by atoms with Crippen molar-refractivity contribution in [3.8, 4) is 0 Å². The molecule has 0 aliphatic heterocycles. The Morgan fingerprint density at radius 1 is 1.12 bits per heavy atom. The summed E-state index contributed by atoms with van der Waals surface area (Å²) in [4.78, 5) is 12.0. The highest BCUT2D eigenvalue weighted by molar-refractivity contribution is 7.89. The van der Waals surface area contributed by atoms with Crippen LogP contribution in [0.3, 0.4) is 0 Å². The van der Waals surface area contributed by atoms with Crippen molar-refractivity contribution in [3.05, 3.63) is 59.4 Å². The largest absolute Gasteiger partial charge is 0.383 e. The summed E-state index contributed by atoms with van der Waals surface area (Å²) in [7, 11) is -2.46. The zero-order valence-electron chi connectivity index (χ0n) is 13.6. The fraction of sp³-hybridized carbons (Fsp3) is 0.188. The Kier molecular flexibility index (Phi) is 6.35. The molecule has 0 aromatic heterocycles. The van der Waals surface area contributed by atoms with Gasteiger partial charge in [-0.3, -0.25) is 4.79 Å². The molecule has 0 spiro atoms. The van der Waals surface area contributed by atoms with Gasteiger partial charge < -0.3 is 10.1 Å². The van der Waals surface area contributed by atoms with E-state index in [0.717, 1.165) is 12.1 Å². The third-order valence-electron chi connectivity index (χ3n) is 3.29. The second-order valence-corrected chi connectivity index (χ2v) is 6.86. The molecule has 140 valence electrons. The van der Waals surface area contributed by atoms with Crippen LogP contribution in [0.4, 0.5) is 18.9 Å². The number of ether oxygens (including phenoxy) is 1. The van der Waals surface area contributed by atoms with Crippen LogP contribution in [0.1, 0.15) is 10.4 Å². The van der Waals surface area contributed by atoms with E-state index in [1.807, 2.05) is 0 Å². The van der Waals surface area contributed by atoms with E-state index in [1.54, 1.807) is 0 Å². The summed E-state index contributed by atoms with van der Waals surface area (Å²) in [5.41, 5.74) is -0.677.